The second-order valence-electron chi connectivity index (χ2n) is 8.00. The van der Waals surface area contributed by atoms with E-state index in [1.807, 2.05) is 0 Å². The average Bonchev–Trinajstić information content (AvgIpc) is 2.76. The van der Waals surface area contributed by atoms with Crippen LogP contribution in [0.5, 0.6) is 5.75 Å². The monoisotopic (exact) mass is 569 g/mol. The van der Waals surface area contributed by atoms with E-state index in [9.17, 15) is 35.2 Å². The summed E-state index contributed by atoms with van der Waals surface area (Å²) < 4.78 is 76.1. The predicted octanol–water partition coefficient (Wildman–Crippen LogP) is 3.07. The highest BCUT2D eigenvalue weighted by Crippen LogP contribution is 2.42. The highest BCUT2D eigenvalue weighted by molar-refractivity contribution is 7.91. The van der Waals surface area contributed by atoms with Crippen LogP contribution in [-0.2, 0) is 38.8 Å². The number of anilines is 1. The van der Waals surface area contributed by atoms with Gasteiger partial charge in [0.05, 0.1) is 34.1 Å². The van der Waals surface area contributed by atoms with Crippen molar-refractivity contribution in [3.63, 3.8) is 0 Å². The standard InChI is InChI=1S/C22H23N3O9S3/c1-14(26)23-17-6-9-19-15(12-17)13-20(35(2,28)29)21(22(19)27)25-24-16-4-7-18(8-5-16)37(32,33)11-10-34-36(3,30)31/h4-9,12-13,27H,10-11H2,1-3H3,(H,23,26)/b25-24+. The minimum absolute atomic E-state index is 0.107. The largest absolute Gasteiger partial charge is 0.505 e. The first-order valence-corrected chi connectivity index (χ1v) is 15.8. The van der Waals surface area contributed by atoms with Gasteiger partial charge in [0.1, 0.15) is 5.69 Å². The highest BCUT2D eigenvalue weighted by atomic mass is 32.2. The van der Waals surface area contributed by atoms with E-state index in [4.69, 9.17) is 0 Å². The number of carbonyl (C=O) groups excluding carboxylic acids is 1. The SMILES string of the molecule is CC(=O)Nc1ccc2c(O)c(/N=N/c3ccc(S(=O)(=O)CCOS(C)(=O)=O)cc3)c(S(C)(=O)=O)cc2c1. The molecule has 0 aromatic heterocycles. The summed E-state index contributed by atoms with van der Waals surface area (Å²) in [5, 5.41) is 21.9. The number of amides is 1. The van der Waals surface area contributed by atoms with E-state index in [1.165, 1.54) is 55.5 Å². The Labute approximate surface area is 214 Å². The zero-order chi connectivity index (χ0) is 27.6. The van der Waals surface area contributed by atoms with Crippen LogP contribution in [0.25, 0.3) is 10.8 Å². The molecule has 0 atom stereocenters. The van der Waals surface area contributed by atoms with Crippen LogP contribution in [0.1, 0.15) is 6.92 Å². The molecule has 1 amide bonds. The Morgan fingerprint density at radius 2 is 1.59 bits per heavy atom. The number of rotatable bonds is 9. The molecular weight excluding hydrogens is 546 g/mol. The van der Waals surface area contributed by atoms with E-state index in [1.54, 1.807) is 0 Å². The third-order valence-electron chi connectivity index (χ3n) is 4.88. The number of phenolic OH excluding ortho intramolecular Hbond substituents is 1. The van der Waals surface area contributed by atoms with E-state index in [-0.39, 0.29) is 32.5 Å². The molecule has 37 heavy (non-hydrogen) atoms. The summed E-state index contributed by atoms with van der Waals surface area (Å²) in [5.41, 5.74) is 0.259. The second kappa shape index (κ2) is 10.5. The van der Waals surface area contributed by atoms with Gasteiger partial charge in [-0.05, 0) is 53.9 Å². The zero-order valence-corrected chi connectivity index (χ0v) is 22.3. The van der Waals surface area contributed by atoms with E-state index in [0.717, 1.165) is 12.5 Å². The van der Waals surface area contributed by atoms with Crippen molar-refractivity contribution in [2.24, 2.45) is 10.2 Å². The minimum atomic E-state index is -3.87. The van der Waals surface area contributed by atoms with Crippen molar-refractivity contribution in [2.75, 3.05) is 30.2 Å². The zero-order valence-electron chi connectivity index (χ0n) is 19.9. The lowest BCUT2D eigenvalue weighted by Gasteiger charge is -2.11. The van der Waals surface area contributed by atoms with Crippen LogP contribution < -0.4 is 5.32 Å². The summed E-state index contributed by atoms with van der Waals surface area (Å²) in [6, 6.07) is 10.9. The van der Waals surface area contributed by atoms with Crippen LogP contribution >= 0.6 is 0 Å². The van der Waals surface area contributed by atoms with Gasteiger partial charge in [0.2, 0.25) is 5.91 Å². The molecule has 0 bridgehead atoms. The summed E-state index contributed by atoms with van der Waals surface area (Å²) in [6.45, 7) is 0.785. The number of hydrogen-bond donors (Lipinski definition) is 2. The number of benzene rings is 3. The summed E-state index contributed by atoms with van der Waals surface area (Å²) in [6.07, 6.45) is 1.75. The topological polar surface area (TPSA) is 186 Å². The fourth-order valence-electron chi connectivity index (χ4n) is 3.25. The molecule has 0 radical (unpaired) electrons. The normalized spacial score (nSPS) is 12.7. The van der Waals surface area contributed by atoms with Gasteiger partial charge in [0, 0.05) is 24.3 Å². The van der Waals surface area contributed by atoms with Crippen LogP contribution in [-0.4, -0.2) is 61.1 Å². The van der Waals surface area contributed by atoms with Gasteiger partial charge in [-0.15, -0.1) is 5.11 Å². The highest BCUT2D eigenvalue weighted by Gasteiger charge is 2.21. The summed E-state index contributed by atoms with van der Waals surface area (Å²) in [5.74, 6) is -1.33. The van der Waals surface area contributed by atoms with Gasteiger partial charge in [-0.2, -0.15) is 13.5 Å². The quantitative estimate of drug-likeness (QED) is 0.288. The van der Waals surface area contributed by atoms with Gasteiger partial charge in [-0.3, -0.25) is 8.98 Å². The Bertz CT molecular complexity index is 1710. The molecule has 3 aromatic carbocycles. The molecule has 0 fully saturated rings. The maximum absolute atomic E-state index is 12.4. The number of sulfone groups is 2. The lowest BCUT2D eigenvalue weighted by molar-refractivity contribution is -0.114. The van der Waals surface area contributed by atoms with Crippen molar-refractivity contribution >= 4 is 63.5 Å². The number of nitrogens with one attached hydrogen (secondary N) is 1. The molecule has 0 aliphatic carbocycles. The smallest absolute Gasteiger partial charge is 0.264 e. The maximum atomic E-state index is 12.4. The van der Waals surface area contributed by atoms with E-state index >= 15 is 0 Å². The van der Waals surface area contributed by atoms with E-state index in [2.05, 4.69) is 19.7 Å². The molecule has 0 saturated carbocycles. The maximum Gasteiger partial charge on any atom is 0.264 e. The van der Waals surface area contributed by atoms with Crippen molar-refractivity contribution in [3.05, 3.63) is 48.5 Å². The van der Waals surface area contributed by atoms with Crippen LogP contribution in [0.4, 0.5) is 17.1 Å². The summed E-state index contributed by atoms with van der Waals surface area (Å²) in [4.78, 5) is 10.9. The van der Waals surface area contributed by atoms with Gasteiger partial charge in [0.25, 0.3) is 10.1 Å². The molecule has 0 aliphatic rings. The van der Waals surface area contributed by atoms with Crippen molar-refractivity contribution < 1.29 is 39.3 Å². The fourth-order valence-corrected chi connectivity index (χ4v) is 5.66. The molecule has 12 nitrogen and oxygen atoms in total. The number of azo groups is 1. The predicted molar refractivity (Wildman–Crippen MR) is 136 cm³/mol. The molecule has 0 unspecified atom stereocenters. The Morgan fingerprint density at radius 1 is 0.946 bits per heavy atom. The molecular formula is C22H23N3O9S3. The molecule has 0 spiro atoms. The molecule has 2 N–H and O–H groups in total. The first kappa shape index (κ1) is 28.2. The van der Waals surface area contributed by atoms with Gasteiger partial charge in [0.15, 0.2) is 25.4 Å². The van der Waals surface area contributed by atoms with Crippen molar-refractivity contribution in [1.82, 2.24) is 0 Å². The number of phenols is 1. The number of aromatic hydroxyl groups is 1. The van der Waals surface area contributed by atoms with Crippen LogP contribution in [0.2, 0.25) is 0 Å². The van der Waals surface area contributed by atoms with Gasteiger partial charge >= 0.3 is 0 Å². The molecule has 3 rings (SSSR count). The van der Waals surface area contributed by atoms with Crippen molar-refractivity contribution in [2.45, 2.75) is 16.7 Å². The Hall–Kier alpha value is -3.40. The first-order valence-electron chi connectivity index (χ1n) is 10.4. The molecule has 0 aliphatic heterocycles. The van der Waals surface area contributed by atoms with Crippen LogP contribution in [0.3, 0.4) is 0 Å². The average molecular weight is 570 g/mol. The first-order chi connectivity index (χ1) is 17.1. The van der Waals surface area contributed by atoms with Crippen LogP contribution in [0.15, 0.2) is 68.6 Å². The van der Waals surface area contributed by atoms with E-state index in [0.29, 0.717) is 11.1 Å². The number of hydrogen-bond acceptors (Lipinski definition) is 11. The van der Waals surface area contributed by atoms with Crippen molar-refractivity contribution in [3.8, 4) is 5.75 Å². The lowest BCUT2D eigenvalue weighted by atomic mass is 10.1. The number of nitrogens with zero attached hydrogens (tertiary/aromatic N) is 2. The fraction of sp³-hybridized carbons (Fsp3) is 0.227. The Balaban J connectivity index is 1.95. The minimum Gasteiger partial charge on any atom is -0.505 e. The Kier molecular flexibility index (Phi) is 8.02. The van der Waals surface area contributed by atoms with Crippen molar-refractivity contribution in [1.29, 1.82) is 0 Å². The Morgan fingerprint density at radius 3 is 2.16 bits per heavy atom. The molecule has 0 heterocycles. The molecule has 198 valence electrons. The number of fused-ring (bicyclic) bond motifs is 1. The van der Waals surface area contributed by atoms with E-state index < -0.39 is 47.9 Å². The third kappa shape index (κ3) is 7.31. The summed E-state index contributed by atoms with van der Waals surface area (Å²) in [7, 11) is -11.5. The van der Waals surface area contributed by atoms with Gasteiger partial charge in [-0.25, -0.2) is 16.8 Å². The molecule has 0 saturated heterocycles. The number of carbonyl (C=O) groups is 1. The summed E-state index contributed by atoms with van der Waals surface area (Å²) >= 11 is 0. The molecule has 15 heteroatoms. The third-order valence-corrected chi connectivity index (χ3v) is 8.28. The van der Waals surface area contributed by atoms with Gasteiger partial charge in [-0.1, -0.05) is 0 Å². The second-order valence-corrected chi connectivity index (χ2v) is 13.7. The molecule has 3 aromatic rings. The van der Waals surface area contributed by atoms with Crippen LogP contribution in [0, 0.1) is 0 Å². The van der Waals surface area contributed by atoms with Gasteiger partial charge < -0.3 is 10.4 Å². The lowest BCUT2D eigenvalue weighted by Crippen LogP contribution is -2.15.